The Kier molecular flexibility index (Phi) is 17.0. The highest BCUT2D eigenvalue weighted by Crippen LogP contribution is 2.11. The second kappa shape index (κ2) is 19.3. The van der Waals surface area contributed by atoms with Crippen molar-refractivity contribution in [3.8, 4) is 0 Å². The molecular weight excluding hydrogens is 481 g/mol. The molecule has 0 unspecified atom stereocenters. The van der Waals surface area contributed by atoms with E-state index in [4.69, 9.17) is 0 Å². The maximum Gasteiger partial charge on any atom is 0.220 e. The first-order chi connectivity index (χ1) is 14.7. The molecule has 0 heterocycles. The highest BCUT2D eigenvalue weighted by Gasteiger charge is 2.02. The first kappa shape index (κ1) is 26.4. The number of nitrogens with one attached hydrogen (secondary N) is 1. The van der Waals surface area contributed by atoms with Crippen LogP contribution in [0.1, 0.15) is 76.7 Å². The molecule has 0 aliphatic carbocycles. The summed E-state index contributed by atoms with van der Waals surface area (Å²) in [6, 6.07) is 8.14. The van der Waals surface area contributed by atoms with Crippen molar-refractivity contribution in [1.29, 1.82) is 0 Å². The summed E-state index contributed by atoms with van der Waals surface area (Å²) in [6.07, 6.45) is 28.4. The standard InChI is InChI=1S/C27H38INO/c1-2-3-4-5-6-7-8-9-10-11-12-13-14-15-16-17-18-23-27(30)29-24-25-21-19-20-22-26(25)28/h6-7,9-10,12-13,15-16,19-22H,2-5,8,11,14,17-18,23-24H2,1H3,(H,29,30)/b7-6-,10-9-,13-12-,16-15-. The van der Waals surface area contributed by atoms with Gasteiger partial charge in [0.15, 0.2) is 0 Å². The number of rotatable bonds is 16. The minimum absolute atomic E-state index is 0.130. The molecular formula is C27H38INO. The van der Waals surface area contributed by atoms with Crippen molar-refractivity contribution in [3.63, 3.8) is 0 Å². The molecule has 2 nitrogen and oxygen atoms in total. The summed E-state index contributed by atoms with van der Waals surface area (Å²) in [7, 11) is 0. The van der Waals surface area contributed by atoms with Gasteiger partial charge in [0, 0.05) is 16.5 Å². The van der Waals surface area contributed by atoms with Crippen molar-refractivity contribution >= 4 is 28.5 Å². The zero-order chi connectivity index (χ0) is 21.7. The molecule has 164 valence electrons. The van der Waals surface area contributed by atoms with Crippen LogP contribution in [0.3, 0.4) is 0 Å². The molecule has 0 saturated heterocycles. The average Bonchev–Trinajstić information content (AvgIpc) is 2.75. The first-order valence-corrected chi connectivity index (χ1v) is 12.4. The fourth-order valence-corrected chi connectivity index (χ4v) is 3.44. The van der Waals surface area contributed by atoms with Crippen LogP contribution >= 0.6 is 22.6 Å². The summed E-state index contributed by atoms with van der Waals surface area (Å²) in [4.78, 5) is 11.9. The van der Waals surface area contributed by atoms with E-state index in [1.165, 1.54) is 34.8 Å². The van der Waals surface area contributed by atoms with E-state index >= 15 is 0 Å². The van der Waals surface area contributed by atoms with Gasteiger partial charge in [0.05, 0.1) is 0 Å². The third-order valence-corrected chi connectivity index (χ3v) is 5.72. The highest BCUT2D eigenvalue weighted by molar-refractivity contribution is 14.1. The molecule has 0 aliphatic rings. The second-order valence-electron chi connectivity index (χ2n) is 7.35. The molecule has 0 radical (unpaired) electrons. The number of unbranched alkanes of at least 4 members (excludes halogenated alkanes) is 4. The Bertz CT molecular complexity index is 688. The lowest BCUT2D eigenvalue weighted by molar-refractivity contribution is -0.121. The van der Waals surface area contributed by atoms with Crippen molar-refractivity contribution in [2.45, 2.75) is 77.7 Å². The van der Waals surface area contributed by atoms with E-state index in [0.717, 1.165) is 32.1 Å². The number of carbonyl (C=O) groups is 1. The quantitative estimate of drug-likeness (QED) is 0.134. The van der Waals surface area contributed by atoms with Crippen LogP contribution in [0.5, 0.6) is 0 Å². The van der Waals surface area contributed by atoms with Crippen LogP contribution in [0.15, 0.2) is 72.9 Å². The zero-order valence-electron chi connectivity index (χ0n) is 18.5. The van der Waals surface area contributed by atoms with E-state index < -0.39 is 0 Å². The molecule has 0 bridgehead atoms. The van der Waals surface area contributed by atoms with Crippen LogP contribution in [-0.4, -0.2) is 5.91 Å². The molecule has 1 rings (SSSR count). The van der Waals surface area contributed by atoms with Crippen molar-refractivity contribution in [2.24, 2.45) is 0 Å². The summed E-state index contributed by atoms with van der Waals surface area (Å²) in [5.41, 5.74) is 1.17. The molecule has 0 saturated carbocycles. The first-order valence-electron chi connectivity index (χ1n) is 11.3. The lowest BCUT2D eigenvalue weighted by atomic mass is 10.2. The van der Waals surface area contributed by atoms with E-state index in [-0.39, 0.29) is 5.91 Å². The summed E-state index contributed by atoms with van der Waals surface area (Å²) >= 11 is 2.30. The number of allylic oxidation sites excluding steroid dienone is 8. The van der Waals surface area contributed by atoms with Gasteiger partial charge in [0.1, 0.15) is 0 Å². The SMILES string of the molecule is CCCCC/C=C\C/C=C\C/C=C\C/C=C\CCCC(=O)NCc1ccccc1I. The van der Waals surface area contributed by atoms with E-state index in [1.54, 1.807) is 0 Å². The second-order valence-corrected chi connectivity index (χ2v) is 8.51. The van der Waals surface area contributed by atoms with Crippen LogP contribution in [0.4, 0.5) is 0 Å². The van der Waals surface area contributed by atoms with Crippen molar-refractivity contribution < 1.29 is 4.79 Å². The predicted molar refractivity (Wildman–Crippen MR) is 139 cm³/mol. The maximum atomic E-state index is 11.9. The van der Waals surface area contributed by atoms with Gasteiger partial charge in [-0.3, -0.25) is 4.79 Å². The number of benzene rings is 1. The van der Waals surface area contributed by atoms with Gasteiger partial charge in [-0.1, -0.05) is 86.6 Å². The van der Waals surface area contributed by atoms with Gasteiger partial charge in [-0.2, -0.15) is 0 Å². The molecule has 30 heavy (non-hydrogen) atoms. The minimum Gasteiger partial charge on any atom is -0.352 e. The number of halogens is 1. The molecule has 1 aromatic carbocycles. The molecule has 0 aromatic heterocycles. The van der Waals surface area contributed by atoms with Gasteiger partial charge in [-0.15, -0.1) is 0 Å². The number of hydrogen-bond acceptors (Lipinski definition) is 1. The Balaban J connectivity index is 1.97. The van der Waals surface area contributed by atoms with Gasteiger partial charge >= 0.3 is 0 Å². The predicted octanol–water partition coefficient (Wildman–Crippen LogP) is 8.05. The molecule has 0 fully saturated rings. The monoisotopic (exact) mass is 519 g/mol. The smallest absolute Gasteiger partial charge is 0.220 e. The van der Waals surface area contributed by atoms with Crippen LogP contribution in [0.2, 0.25) is 0 Å². The fourth-order valence-electron chi connectivity index (χ4n) is 2.87. The molecule has 3 heteroatoms. The largest absolute Gasteiger partial charge is 0.352 e. The van der Waals surface area contributed by atoms with E-state index in [9.17, 15) is 4.79 Å². The molecule has 1 N–H and O–H groups in total. The van der Waals surface area contributed by atoms with Crippen LogP contribution < -0.4 is 5.32 Å². The lowest BCUT2D eigenvalue weighted by Gasteiger charge is -2.06. The van der Waals surface area contributed by atoms with Gasteiger partial charge in [-0.05, 0) is 79.2 Å². The molecule has 0 atom stereocenters. The Morgan fingerprint density at radius 3 is 2.00 bits per heavy atom. The third-order valence-electron chi connectivity index (χ3n) is 4.67. The van der Waals surface area contributed by atoms with E-state index in [0.29, 0.717) is 13.0 Å². The topological polar surface area (TPSA) is 29.1 Å². The molecule has 1 aromatic rings. The molecule has 0 spiro atoms. The van der Waals surface area contributed by atoms with Crippen LogP contribution in [0, 0.1) is 3.57 Å². The Morgan fingerprint density at radius 1 is 0.833 bits per heavy atom. The molecule has 1 amide bonds. The maximum absolute atomic E-state index is 11.9. The third kappa shape index (κ3) is 15.3. The van der Waals surface area contributed by atoms with E-state index in [1.807, 2.05) is 12.1 Å². The Morgan fingerprint density at radius 2 is 1.40 bits per heavy atom. The van der Waals surface area contributed by atoms with Crippen LogP contribution in [-0.2, 0) is 11.3 Å². The molecule has 0 aliphatic heterocycles. The van der Waals surface area contributed by atoms with Gasteiger partial charge in [0.2, 0.25) is 5.91 Å². The van der Waals surface area contributed by atoms with Gasteiger partial charge in [-0.25, -0.2) is 0 Å². The fraction of sp³-hybridized carbons (Fsp3) is 0.444. The average molecular weight is 520 g/mol. The van der Waals surface area contributed by atoms with Crippen molar-refractivity contribution in [3.05, 3.63) is 82.0 Å². The minimum atomic E-state index is 0.130. The zero-order valence-corrected chi connectivity index (χ0v) is 20.7. The lowest BCUT2D eigenvalue weighted by Crippen LogP contribution is -2.22. The van der Waals surface area contributed by atoms with Crippen molar-refractivity contribution in [1.82, 2.24) is 5.32 Å². The number of amides is 1. The Labute approximate surface area is 197 Å². The normalized spacial score (nSPS) is 12.1. The van der Waals surface area contributed by atoms with Crippen molar-refractivity contribution in [2.75, 3.05) is 0 Å². The summed E-state index contributed by atoms with van der Waals surface area (Å²) in [5.74, 6) is 0.130. The number of hydrogen-bond donors (Lipinski definition) is 1. The van der Waals surface area contributed by atoms with Gasteiger partial charge in [0.25, 0.3) is 0 Å². The van der Waals surface area contributed by atoms with Gasteiger partial charge < -0.3 is 5.32 Å². The summed E-state index contributed by atoms with van der Waals surface area (Å²) < 4.78 is 1.19. The summed E-state index contributed by atoms with van der Waals surface area (Å²) in [5, 5.41) is 3.00. The number of carbonyl (C=O) groups excluding carboxylic acids is 1. The summed E-state index contributed by atoms with van der Waals surface area (Å²) in [6.45, 7) is 2.85. The highest BCUT2D eigenvalue weighted by atomic mass is 127. The van der Waals surface area contributed by atoms with E-state index in [2.05, 4.69) is 95.6 Å². The van der Waals surface area contributed by atoms with Crippen LogP contribution in [0.25, 0.3) is 0 Å². The Hall–Kier alpha value is -1.62.